The normalized spacial score (nSPS) is 9.93. The molecule has 0 bridgehead atoms. The minimum Gasteiger partial charge on any atom is -0.497 e. The first-order valence-corrected chi connectivity index (χ1v) is 13.3. The third kappa shape index (κ3) is 8.50. The lowest BCUT2D eigenvalue weighted by molar-refractivity contribution is 0.102. The Labute approximate surface area is 265 Å². The van der Waals surface area contributed by atoms with E-state index in [2.05, 4.69) is 20.6 Å². The van der Waals surface area contributed by atoms with Crippen LogP contribution < -0.4 is 29.6 Å². The molecule has 0 unspecified atom stereocenters. The van der Waals surface area contributed by atoms with Crippen LogP contribution in [0.15, 0.2) is 91.3 Å². The number of carbonyl (C=O) groups is 2. The zero-order chi connectivity index (χ0) is 30.8. The summed E-state index contributed by atoms with van der Waals surface area (Å²) in [7, 11) is 6.26. The van der Waals surface area contributed by atoms with E-state index >= 15 is 0 Å². The molecule has 0 spiro atoms. The number of rotatable bonds is 9. The molecule has 0 atom stereocenters. The smallest absolute Gasteiger partial charge is 0.255 e. The molecule has 0 aliphatic heterocycles. The van der Waals surface area contributed by atoms with Gasteiger partial charge in [-0.2, -0.15) is 0 Å². The van der Waals surface area contributed by atoms with Crippen molar-refractivity contribution in [2.45, 2.75) is 0 Å². The van der Waals surface area contributed by atoms with Gasteiger partial charge in [0.2, 0.25) is 0 Å². The van der Waals surface area contributed by atoms with E-state index < -0.39 is 5.24 Å². The summed E-state index contributed by atoms with van der Waals surface area (Å²) in [6.45, 7) is 0. The van der Waals surface area contributed by atoms with Crippen LogP contribution in [0.3, 0.4) is 0 Å². The van der Waals surface area contributed by atoms with Gasteiger partial charge in [-0.1, -0.05) is 18.2 Å². The van der Waals surface area contributed by atoms with Gasteiger partial charge in [-0.3, -0.25) is 9.59 Å². The van der Waals surface area contributed by atoms with Crippen molar-refractivity contribution >= 4 is 63.3 Å². The van der Waals surface area contributed by atoms with Crippen LogP contribution in [0.2, 0.25) is 0 Å². The maximum atomic E-state index is 12.6. The maximum Gasteiger partial charge on any atom is 0.255 e. The number of benzene rings is 4. The Balaban J connectivity index is 0.000000374. The van der Waals surface area contributed by atoms with Gasteiger partial charge in [0.25, 0.3) is 11.1 Å². The molecule has 0 saturated heterocycles. The molecule has 0 fully saturated rings. The molecule has 0 aliphatic rings. The van der Waals surface area contributed by atoms with Crippen molar-refractivity contribution in [3.05, 3.63) is 102 Å². The van der Waals surface area contributed by atoms with Crippen molar-refractivity contribution in [1.82, 2.24) is 9.97 Å². The number of amides is 1. The minimum absolute atomic E-state index is 0. The molecular weight excluding hydrogens is 607 g/mol. The number of nitrogens with zero attached hydrogens (tertiary/aromatic N) is 2. The second-order valence-corrected chi connectivity index (χ2v) is 9.19. The minimum atomic E-state index is -0.469. The van der Waals surface area contributed by atoms with E-state index in [1.165, 1.54) is 13.4 Å². The largest absolute Gasteiger partial charge is 0.497 e. The summed E-state index contributed by atoms with van der Waals surface area (Å²) < 4.78 is 20.8. The monoisotopic (exact) mass is 636 g/mol. The van der Waals surface area contributed by atoms with Crippen LogP contribution in [-0.4, -0.2) is 49.6 Å². The Morgan fingerprint density at radius 3 is 1.91 bits per heavy atom. The lowest BCUT2D eigenvalue weighted by Crippen LogP contribution is -2.12. The number of halogens is 2. The van der Waals surface area contributed by atoms with Gasteiger partial charge in [0.05, 0.1) is 34.0 Å². The summed E-state index contributed by atoms with van der Waals surface area (Å²) in [6, 6.07) is 24.7. The Bertz CT molecular complexity index is 1750. The van der Waals surface area contributed by atoms with Gasteiger partial charge in [-0.25, -0.2) is 9.97 Å². The molecular formula is C32H30Cl2N4O6. The summed E-state index contributed by atoms with van der Waals surface area (Å²) in [5.41, 5.74) is 3.06. The molecule has 5 rings (SSSR count). The number of fused-ring (bicyclic) bond motifs is 1. The van der Waals surface area contributed by atoms with Crippen LogP contribution in [0.1, 0.15) is 20.7 Å². The van der Waals surface area contributed by atoms with Gasteiger partial charge in [0.1, 0.15) is 23.6 Å². The van der Waals surface area contributed by atoms with Crippen LogP contribution in [-0.2, 0) is 0 Å². The van der Waals surface area contributed by atoms with Gasteiger partial charge in [0.15, 0.2) is 11.5 Å². The third-order valence-corrected chi connectivity index (χ3v) is 6.37. The van der Waals surface area contributed by atoms with Crippen molar-refractivity contribution in [2.75, 3.05) is 39.1 Å². The molecule has 0 aliphatic carbocycles. The number of ether oxygens (including phenoxy) is 4. The Morgan fingerprint density at radius 1 is 0.682 bits per heavy atom. The highest BCUT2D eigenvalue weighted by atomic mass is 35.5. The van der Waals surface area contributed by atoms with Crippen LogP contribution in [0, 0.1) is 0 Å². The number of hydrogen-bond donors (Lipinski definition) is 2. The molecule has 4 aromatic carbocycles. The molecule has 10 nitrogen and oxygen atoms in total. The Kier molecular flexibility index (Phi) is 12.1. The Hall–Kier alpha value is -5.06. The van der Waals surface area contributed by atoms with E-state index in [-0.39, 0.29) is 18.3 Å². The third-order valence-electron chi connectivity index (χ3n) is 6.15. The van der Waals surface area contributed by atoms with Crippen molar-refractivity contribution in [3.63, 3.8) is 0 Å². The zero-order valence-corrected chi connectivity index (χ0v) is 25.9. The van der Waals surface area contributed by atoms with Gasteiger partial charge in [0, 0.05) is 34.0 Å². The highest BCUT2D eigenvalue weighted by Gasteiger charge is 2.12. The molecule has 0 radical (unpaired) electrons. The van der Waals surface area contributed by atoms with Gasteiger partial charge >= 0.3 is 0 Å². The predicted molar refractivity (Wildman–Crippen MR) is 174 cm³/mol. The van der Waals surface area contributed by atoms with E-state index in [0.29, 0.717) is 51.1 Å². The van der Waals surface area contributed by atoms with Gasteiger partial charge in [-0.05, 0) is 72.3 Å². The predicted octanol–water partition coefficient (Wildman–Crippen LogP) is 7.15. The second kappa shape index (κ2) is 16.0. The van der Waals surface area contributed by atoms with E-state index in [4.69, 9.17) is 30.5 Å². The van der Waals surface area contributed by atoms with Crippen molar-refractivity contribution in [3.8, 4) is 23.0 Å². The zero-order valence-electron chi connectivity index (χ0n) is 24.3. The quantitative estimate of drug-likeness (QED) is 0.162. The lowest BCUT2D eigenvalue weighted by Gasteiger charge is -2.13. The summed E-state index contributed by atoms with van der Waals surface area (Å²) in [4.78, 5) is 31.9. The van der Waals surface area contributed by atoms with Gasteiger partial charge < -0.3 is 29.6 Å². The number of aromatic nitrogens is 2. The van der Waals surface area contributed by atoms with E-state index in [0.717, 1.165) is 11.1 Å². The summed E-state index contributed by atoms with van der Waals surface area (Å²) in [6.07, 6.45) is 1.48. The number of hydrogen-bond acceptors (Lipinski definition) is 9. The van der Waals surface area contributed by atoms with Crippen molar-refractivity contribution in [1.29, 1.82) is 0 Å². The molecule has 12 heteroatoms. The number of methoxy groups -OCH3 is 4. The standard InChI is InChI=1S/C24H22N4O4.C8H7ClO2.ClH/c1-30-18-9-4-6-15(10-18)24(29)28-17-8-5-7-16(11-17)27-23-19-12-21(31-2)22(32-3)13-20(19)25-14-26-23;1-11-7-4-2-3-6(5-7)8(9)10;/h4-14H,1-3H3,(H,28,29)(H,25,26,27);2-5H,1H3;1H. The first kappa shape index (κ1) is 33.4. The fourth-order valence-electron chi connectivity index (χ4n) is 4.01. The summed E-state index contributed by atoms with van der Waals surface area (Å²) in [5.74, 6) is 2.80. The molecule has 2 N–H and O–H groups in total. The topological polar surface area (TPSA) is 121 Å². The molecule has 1 amide bonds. The summed E-state index contributed by atoms with van der Waals surface area (Å²) >= 11 is 5.24. The molecule has 1 heterocycles. The number of nitrogens with one attached hydrogen (secondary N) is 2. The molecule has 228 valence electrons. The highest BCUT2D eigenvalue weighted by molar-refractivity contribution is 6.67. The van der Waals surface area contributed by atoms with Crippen LogP contribution in [0.4, 0.5) is 17.2 Å². The average molecular weight is 638 g/mol. The fourth-order valence-corrected chi connectivity index (χ4v) is 4.12. The van der Waals surface area contributed by atoms with Gasteiger partial charge in [-0.15, -0.1) is 12.4 Å². The first-order chi connectivity index (χ1) is 20.8. The highest BCUT2D eigenvalue weighted by Crippen LogP contribution is 2.34. The maximum absolute atomic E-state index is 12.6. The SMILES string of the molecule is COc1cccc(C(=O)Cl)c1.COc1cccc(C(=O)Nc2cccc(Nc3ncnc4cc(OC)c(OC)cc34)c2)c1.Cl. The van der Waals surface area contributed by atoms with E-state index in [1.54, 1.807) is 75.9 Å². The van der Waals surface area contributed by atoms with E-state index in [9.17, 15) is 9.59 Å². The fraction of sp³-hybridized carbons (Fsp3) is 0.125. The molecule has 5 aromatic rings. The van der Waals surface area contributed by atoms with E-state index in [1.807, 2.05) is 30.3 Å². The van der Waals surface area contributed by atoms with Crippen LogP contribution >= 0.6 is 24.0 Å². The lowest BCUT2D eigenvalue weighted by atomic mass is 10.2. The van der Waals surface area contributed by atoms with Crippen molar-refractivity contribution < 1.29 is 28.5 Å². The van der Waals surface area contributed by atoms with Crippen LogP contribution in [0.25, 0.3) is 10.9 Å². The molecule has 1 aromatic heterocycles. The van der Waals surface area contributed by atoms with Crippen LogP contribution in [0.5, 0.6) is 23.0 Å². The Morgan fingerprint density at radius 2 is 1.27 bits per heavy atom. The van der Waals surface area contributed by atoms with Crippen molar-refractivity contribution in [2.24, 2.45) is 0 Å². The molecule has 44 heavy (non-hydrogen) atoms. The first-order valence-electron chi connectivity index (χ1n) is 12.9. The second-order valence-electron chi connectivity index (χ2n) is 8.84. The number of anilines is 3. The average Bonchev–Trinajstić information content (AvgIpc) is 3.04. The summed E-state index contributed by atoms with van der Waals surface area (Å²) in [5, 5.41) is 6.50. The number of carbonyl (C=O) groups excluding carboxylic acids is 2. The molecule has 0 saturated carbocycles.